The summed E-state index contributed by atoms with van der Waals surface area (Å²) in [5.41, 5.74) is 3.34. The first kappa shape index (κ1) is 19.6. The lowest BCUT2D eigenvalue weighted by atomic mass is 10.1. The number of H-pyrrole nitrogens is 1. The Hall–Kier alpha value is -2.70. The van der Waals surface area contributed by atoms with Crippen molar-refractivity contribution in [3.05, 3.63) is 50.3 Å². The van der Waals surface area contributed by atoms with Gasteiger partial charge in [-0.15, -0.1) is 0 Å². The van der Waals surface area contributed by atoms with Gasteiger partial charge in [0.1, 0.15) is 17.3 Å². The lowest BCUT2D eigenvalue weighted by Crippen LogP contribution is -2.32. The van der Waals surface area contributed by atoms with Crippen molar-refractivity contribution < 1.29 is 4.79 Å². The molecule has 2 N–H and O–H groups in total. The van der Waals surface area contributed by atoms with Crippen LogP contribution in [0.15, 0.2) is 10.9 Å². The van der Waals surface area contributed by atoms with E-state index in [0.717, 1.165) is 60.7 Å². The molecular weight excluding hydrogens is 366 g/mol. The van der Waals surface area contributed by atoms with Crippen LogP contribution in [-0.2, 0) is 6.54 Å². The summed E-state index contributed by atoms with van der Waals surface area (Å²) in [6.45, 7) is 9.01. The van der Waals surface area contributed by atoms with Gasteiger partial charge in [-0.2, -0.15) is 0 Å². The minimum atomic E-state index is -0.251. The van der Waals surface area contributed by atoms with Crippen LogP contribution in [0.3, 0.4) is 0 Å². The second-order valence-electron chi connectivity index (χ2n) is 8.46. The molecule has 1 saturated heterocycles. The summed E-state index contributed by atoms with van der Waals surface area (Å²) in [4.78, 5) is 39.9. The van der Waals surface area contributed by atoms with E-state index in [1.165, 1.54) is 0 Å². The average Bonchev–Trinajstić information content (AvgIpc) is 3.42. The summed E-state index contributed by atoms with van der Waals surface area (Å²) < 4.78 is 0. The zero-order valence-corrected chi connectivity index (χ0v) is 17.6. The van der Waals surface area contributed by atoms with E-state index in [1.54, 1.807) is 0 Å². The molecular formula is C22H29N5O2. The molecule has 0 bridgehead atoms. The Kier molecular flexibility index (Phi) is 5.15. The molecule has 0 unspecified atom stereocenters. The predicted molar refractivity (Wildman–Crippen MR) is 112 cm³/mol. The Bertz CT molecular complexity index is 1010. The first-order valence-electron chi connectivity index (χ1n) is 10.5. The molecule has 2 fully saturated rings. The minimum absolute atomic E-state index is 0.160. The van der Waals surface area contributed by atoms with Crippen molar-refractivity contribution in [3.63, 3.8) is 0 Å². The molecule has 3 heterocycles. The first-order chi connectivity index (χ1) is 13.8. The van der Waals surface area contributed by atoms with E-state index in [9.17, 15) is 9.59 Å². The number of hydrogen-bond donors (Lipinski definition) is 2. The number of carbonyl (C=O) groups is 1. The molecule has 0 radical (unpaired) electrons. The first-order valence-corrected chi connectivity index (χ1v) is 10.5. The van der Waals surface area contributed by atoms with Gasteiger partial charge in [0.2, 0.25) is 0 Å². The topological polar surface area (TPSA) is 91.0 Å². The summed E-state index contributed by atoms with van der Waals surface area (Å²) in [5, 5.41) is 2.91. The zero-order valence-electron chi connectivity index (χ0n) is 17.6. The van der Waals surface area contributed by atoms with Gasteiger partial charge >= 0.3 is 0 Å². The molecule has 4 rings (SSSR count). The Labute approximate surface area is 171 Å². The highest BCUT2D eigenvalue weighted by atomic mass is 16.2. The van der Waals surface area contributed by atoms with Crippen molar-refractivity contribution in [2.45, 2.75) is 71.9 Å². The number of nitrogens with zero attached hydrogens (tertiary/aromatic N) is 3. The van der Waals surface area contributed by atoms with Crippen molar-refractivity contribution in [2.75, 3.05) is 11.4 Å². The number of rotatable bonds is 5. The Morgan fingerprint density at radius 2 is 2.00 bits per heavy atom. The predicted octanol–water partition coefficient (Wildman–Crippen LogP) is 2.89. The third kappa shape index (κ3) is 3.91. The molecule has 2 aromatic rings. The summed E-state index contributed by atoms with van der Waals surface area (Å²) in [6.07, 6.45) is 4.44. The van der Waals surface area contributed by atoms with Gasteiger partial charge in [-0.1, -0.05) is 0 Å². The van der Waals surface area contributed by atoms with Crippen molar-refractivity contribution >= 4 is 11.7 Å². The maximum absolute atomic E-state index is 13.0. The molecule has 1 saturated carbocycles. The second-order valence-corrected chi connectivity index (χ2v) is 8.46. The third-order valence-corrected chi connectivity index (χ3v) is 6.04. The van der Waals surface area contributed by atoms with E-state index >= 15 is 0 Å². The molecule has 1 aliphatic heterocycles. The Morgan fingerprint density at radius 3 is 2.62 bits per heavy atom. The second kappa shape index (κ2) is 7.61. The fraction of sp³-hybridized carbons (Fsp3) is 0.545. The molecule has 7 heteroatoms. The van der Waals surface area contributed by atoms with Gasteiger partial charge in [0.05, 0.1) is 0 Å². The normalized spacial score (nSPS) is 18.9. The SMILES string of the molecule is Cc1cc(C)c(CNC(=O)c2nc(C3CC3)nc(N3CCC[C@@H]3C)c2C)c(=O)[nH]1. The van der Waals surface area contributed by atoms with Crippen molar-refractivity contribution in [1.82, 2.24) is 20.3 Å². The van der Waals surface area contributed by atoms with E-state index in [2.05, 4.69) is 27.1 Å². The van der Waals surface area contributed by atoms with Crippen molar-refractivity contribution in [3.8, 4) is 0 Å². The van der Waals surface area contributed by atoms with Gasteiger partial charge in [0.25, 0.3) is 11.5 Å². The minimum Gasteiger partial charge on any atom is -0.354 e. The molecule has 1 atom stereocenters. The molecule has 29 heavy (non-hydrogen) atoms. The summed E-state index contributed by atoms with van der Waals surface area (Å²) in [6, 6.07) is 2.33. The number of amides is 1. The van der Waals surface area contributed by atoms with Crippen LogP contribution in [0.2, 0.25) is 0 Å². The molecule has 7 nitrogen and oxygen atoms in total. The Morgan fingerprint density at radius 1 is 1.24 bits per heavy atom. The molecule has 1 amide bonds. The van der Waals surface area contributed by atoms with E-state index < -0.39 is 0 Å². The summed E-state index contributed by atoms with van der Waals surface area (Å²) in [5.74, 6) is 1.78. The van der Waals surface area contributed by atoms with E-state index in [1.807, 2.05) is 26.8 Å². The quantitative estimate of drug-likeness (QED) is 0.812. The van der Waals surface area contributed by atoms with Gasteiger partial charge in [0.15, 0.2) is 0 Å². The van der Waals surface area contributed by atoms with Crippen LogP contribution in [0.4, 0.5) is 5.82 Å². The van der Waals surface area contributed by atoms with Gasteiger partial charge in [-0.05, 0) is 65.0 Å². The molecule has 1 aliphatic carbocycles. The number of aryl methyl sites for hydroxylation is 2. The highest BCUT2D eigenvalue weighted by Gasteiger charge is 2.32. The largest absolute Gasteiger partial charge is 0.354 e. The van der Waals surface area contributed by atoms with E-state index in [-0.39, 0.29) is 18.0 Å². The average molecular weight is 396 g/mol. The number of aromatic nitrogens is 3. The fourth-order valence-electron chi connectivity index (χ4n) is 4.15. The van der Waals surface area contributed by atoms with E-state index in [4.69, 9.17) is 4.98 Å². The van der Waals surface area contributed by atoms with Crippen LogP contribution >= 0.6 is 0 Å². The Balaban J connectivity index is 1.62. The van der Waals surface area contributed by atoms with Crippen molar-refractivity contribution in [1.29, 1.82) is 0 Å². The van der Waals surface area contributed by atoms with Gasteiger partial charge < -0.3 is 15.2 Å². The number of hydrogen-bond acceptors (Lipinski definition) is 5. The number of anilines is 1. The maximum Gasteiger partial charge on any atom is 0.270 e. The maximum atomic E-state index is 13.0. The molecule has 0 aromatic carbocycles. The zero-order chi connectivity index (χ0) is 20.7. The summed E-state index contributed by atoms with van der Waals surface area (Å²) in [7, 11) is 0. The lowest BCUT2D eigenvalue weighted by molar-refractivity contribution is 0.0944. The highest BCUT2D eigenvalue weighted by molar-refractivity contribution is 5.94. The van der Waals surface area contributed by atoms with Crippen LogP contribution in [0.25, 0.3) is 0 Å². The van der Waals surface area contributed by atoms with Crippen molar-refractivity contribution in [2.24, 2.45) is 0 Å². The number of carbonyl (C=O) groups excluding carboxylic acids is 1. The monoisotopic (exact) mass is 395 g/mol. The van der Waals surface area contributed by atoms with Crippen LogP contribution in [0, 0.1) is 20.8 Å². The highest BCUT2D eigenvalue weighted by Crippen LogP contribution is 2.40. The molecule has 2 aliphatic rings. The smallest absolute Gasteiger partial charge is 0.270 e. The van der Waals surface area contributed by atoms with Crippen LogP contribution in [-0.4, -0.2) is 33.4 Å². The fourth-order valence-corrected chi connectivity index (χ4v) is 4.15. The number of pyridine rings is 1. The van der Waals surface area contributed by atoms with Gasteiger partial charge in [-0.25, -0.2) is 9.97 Å². The van der Waals surface area contributed by atoms with E-state index in [0.29, 0.717) is 23.2 Å². The number of aromatic amines is 1. The summed E-state index contributed by atoms with van der Waals surface area (Å²) >= 11 is 0. The molecule has 2 aromatic heterocycles. The molecule has 154 valence electrons. The van der Waals surface area contributed by atoms with Gasteiger partial charge in [-0.3, -0.25) is 9.59 Å². The number of nitrogens with one attached hydrogen (secondary N) is 2. The van der Waals surface area contributed by atoms with Gasteiger partial charge in [0, 0.05) is 41.9 Å². The van der Waals surface area contributed by atoms with Crippen LogP contribution in [0.5, 0.6) is 0 Å². The standard InChI is InChI=1S/C22H29N5O2/c1-12-10-13(2)24-21(28)17(12)11-23-22(29)18-15(4)20(27-9-5-6-14(27)3)26-19(25-18)16-7-8-16/h10,14,16H,5-9,11H2,1-4H3,(H,23,29)(H,24,28)/t14-/m0/s1. The molecule has 0 spiro atoms. The third-order valence-electron chi connectivity index (χ3n) is 6.04. The van der Waals surface area contributed by atoms with Crippen LogP contribution < -0.4 is 15.8 Å². The van der Waals surface area contributed by atoms with Crippen LogP contribution in [0.1, 0.15) is 77.2 Å². The lowest BCUT2D eigenvalue weighted by Gasteiger charge is -2.25.